The number of carboxylic acids is 1. The summed E-state index contributed by atoms with van der Waals surface area (Å²) >= 11 is 0. The Morgan fingerprint density at radius 3 is 2.41 bits per heavy atom. The van der Waals surface area contributed by atoms with Crippen LogP contribution in [0.2, 0.25) is 0 Å². The third-order valence-electron chi connectivity index (χ3n) is 3.46. The van der Waals surface area contributed by atoms with Crippen molar-refractivity contribution in [2.45, 2.75) is 26.3 Å². The molecule has 1 aromatic heterocycles. The summed E-state index contributed by atoms with van der Waals surface area (Å²) in [6, 6.07) is 1.37. The topological polar surface area (TPSA) is 76.2 Å². The zero-order chi connectivity index (χ0) is 16.4. The molecule has 3 N–H and O–H groups in total. The smallest absolute Gasteiger partial charge is 0.305 e. The summed E-state index contributed by atoms with van der Waals surface area (Å²) in [6.45, 7) is 3.63. The first-order valence-electron chi connectivity index (χ1n) is 6.69. The summed E-state index contributed by atoms with van der Waals surface area (Å²) in [5.41, 5.74) is 8.35. The molecule has 2 rings (SSSR count). The minimum atomic E-state index is -1.17. The molecular weight excluding hydrogens is 290 g/mol. The summed E-state index contributed by atoms with van der Waals surface area (Å²) in [4.78, 5) is 14.8. The van der Waals surface area contributed by atoms with Crippen LogP contribution in [0.1, 0.15) is 29.2 Å². The Morgan fingerprint density at radius 2 is 1.86 bits per heavy atom. The summed E-state index contributed by atoms with van der Waals surface area (Å²) in [6.07, 6.45) is 2.77. The van der Waals surface area contributed by atoms with Crippen LogP contribution in [0.3, 0.4) is 0 Å². The van der Waals surface area contributed by atoms with Crippen LogP contribution in [-0.2, 0) is 4.79 Å². The first kappa shape index (κ1) is 16.0. The molecule has 0 bridgehead atoms. The SMILES string of the molecule is Cc1cncc(C)c1-c1cc(F)c(F)c([C@@H](N)CC(=O)O)c1. The zero-order valence-corrected chi connectivity index (χ0v) is 12.2. The van der Waals surface area contributed by atoms with E-state index in [9.17, 15) is 13.6 Å². The predicted molar refractivity (Wildman–Crippen MR) is 78.2 cm³/mol. The average molecular weight is 306 g/mol. The molecule has 6 heteroatoms. The Bertz CT molecular complexity index is 712. The van der Waals surface area contributed by atoms with E-state index in [1.54, 1.807) is 12.4 Å². The van der Waals surface area contributed by atoms with Gasteiger partial charge in [0.05, 0.1) is 6.42 Å². The van der Waals surface area contributed by atoms with Crippen molar-refractivity contribution < 1.29 is 18.7 Å². The van der Waals surface area contributed by atoms with E-state index in [0.717, 1.165) is 22.8 Å². The van der Waals surface area contributed by atoms with Crippen LogP contribution in [0.4, 0.5) is 8.78 Å². The van der Waals surface area contributed by atoms with Gasteiger partial charge in [0.1, 0.15) is 0 Å². The molecule has 0 spiro atoms. The Kier molecular flexibility index (Phi) is 4.51. The third kappa shape index (κ3) is 3.12. The molecule has 4 nitrogen and oxygen atoms in total. The number of rotatable bonds is 4. The molecule has 0 fully saturated rings. The summed E-state index contributed by atoms with van der Waals surface area (Å²) in [5, 5.41) is 8.78. The van der Waals surface area contributed by atoms with Gasteiger partial charge in [0.15, 0.2) is 11.6 Å². The highest BCUT2D eigenvalue weighted by molar-refractivity contribution is 5.72. The van der Waals surface area contributed by atoms with Crippen molar-refractivity contribution in [2.24, 2.45) is 5.73 Å². The molecule has 1 aromatic carbocycles. The number of hydrogen-bond donors (Lipinski definition) is 2. The minimum Gasteiger partial charge on any atom is -0.481 e. The lowest BCUT2D eigenvalue weighted by molar-refractivity contribution is -0.137. The predicted octanol–water partition coefficient (Wildman–Crippen LogP) is 3.12. The highest BCUT2D eigenvalue weighted by Gasteiger charge is 2.20. The van der Waals surface area contributed by atoms with Crippen LogP contribution < -0.4 is 5.73 Å². The summed E-state index contributed by atoms with van der Waals surface area (Å²) in [7, 11) is 0. The molecule has 1 atom stereocenters. The molecule has 0 saturated carbocycles. The fourth-order valence-electron chi connectivity index (χ4n) is 2.48. The molecule has 22 heavy (non-hydrogen) atoms. The first-order chi connectivity index (χ1) is 10.3. The Hall–Kier alpha value is -2.34. The fraction of sp³-hybridized carbons (Fsp3) is 0.250. The first-order valence-corrected chi connectivity index (χ1v) is 6.69. The molecule has 116 valence electrons. The summed E-state index contributed by atoms with van der Waals surface area (Å²) < 4.78 is 27.8. The number of aromatic nitrogens is 1. The lowest BCUT2D eigenvalue weighted by Crippen LogP contribution is -2.17. The van der Waals surface area contributed by atoms with Gasteiger partial charge in [0.25, 0.3) is 0 Å². The maximum Gasteiger partial charge on any atom is 0.305 e. The van der Waals surface area contributed by atoms with E-state index >= 15 is 0 Å². The van der Waals surface area contributed by atoms with Crippen molar-refractivity contribution in [3.05, 3.63) is 52.9 Å². The third-order valence-corrected chi connectivity index (χ3v) is 3.46. The number of carbonyl (C=O) groups is 1. The van der Waals surface area contributed by atoms with Gasteiger partial charge in [0, 0.05) is 24.0 Å². The van der Waals surface area contributed by atoms with E-state index in [1.165, 1.54) is 6.07 Å². The van der Waals surface area contributed by atoms with Gasteiger partial charge in [-0.25, -0.2) is 8.78 Å². The van der Waals surface area contributed by atoms with E-state index in [-0.39, 0.29) is 5.56 Å². The maximum absolute atomic E-state index is 13.9. The van der Waals surface area contributed by atoms with Crippen molar-refractivity contribution in [1.29, 1.82) is 0 Å². The number of aliphatic carboxylic acids is 1. The van der Waals surface area contributed by atoms with Crippen LogP contribution in [0.15, 0.2) is 24.5 Å². The Labute approximate surface area is 126 Å². The molecule has 0 amide bonds. The van der Waals surface area contributed by atoms with Crippen molar-refractivity contribution >= 4 is 5.97 Å². The zero-order valence-electron chi connectivity index (χ0n) is 12.2. The fourth-order valence-corrected chi connectivity index (χ4v) is 2.48. The van der Waals surface area contributed by atoms with Crippen molar-refractivity contribution in [2.75, 3.05) is 0 Å². The van der Waals surface area contributed by atoms with Crippen LogP contribution in [0.25, 0.3) is 11.1 Å². The lowest BCUT2D eigenvalue weighted by atomic mass is 9.93. The Morgan fingerprint density at radius 1 is 1.27 bits per heavy atom. The molecule has 0 aliphatic carbocycles. The average Bonchev–Trinajstić information content (AvgIpc) is 2.41. The van der Waals surface area contributed by atoms with Gasteiger partial charge < -0.3 is 10.8 Å². The second kappa shape index (κ2) is 6.19. The molecular formula is C16H16F2N2O2. The quantitative estimate of drug-likeness (QED) is 0.910. The highest BCUT2D eigenvalue weighted by atomic mass is 19.2. The van der Waals surface area contributed by atoms with Gasteiger partial charge in [-0.3, -0.25) is 9.78 Å². The normalized spacial score (nSPS) is 12.2. The van der Waals surface area contributed by atoms with E-state index in [2.05, 4.69) is 4.98 Å². The van der Waals surface area contributed by atoms with Gasteiger partial charge in [-0.15, -0.1) is 0 Å². The largest absolute Gasteiger partial charge is 0.481 e. The van der Waals surface area contributed by atoms with Crippen LogP contribution in [-0.4, -0.2) is 16.1 Å². The second-order valence-electron chi connectivity index (χ2n) is 5.21. The number of nitrogens with two attached hydrogens (primary N) is 1. The van der Waals surface area contributed by atoms with E-state index in [0.29, 0.717) is 5.56 Å². The molecule has 2 aromatic rings. The van der Waals surface area contributed by atoms with Gasteiger partial charge in [-0.05, 0) is 48.2 Å². The van der Waals surface area contributed by atoms with Gasteiger partial charge >= 0.3 is 5.97 Å². The number of hydrogen-bond acceptors (Lipinski definition) is 3. The lowest BCUT2D eigenvalue weighted by Gasteiger charge is -2.15. The van der Waals surface area contributed by atoms with Crippen molar-refractivity contribution in [3.8, 4) is 11.1 Å². The number of benzene rings is 1. The van der Waals surface area contributed by atoms with Crippen molar-refractivity contribution in [1.82, 2.24) is 4.98 Å². The van der Waals surface area contributed by atoms with E-state index < -0.39 is 30.1 Å². The van der Waals surface area contributed by atoms with E-state index in [4.69, 9.17) is 10.8 Å². The number of halogens is 2. The van der Waals surface area contributed by atoms with Crippen LogP contribution >= 0.6 is 0 Å². The van der Waals surface area contributed by atoms with Gasteiger partial charge in [-0.1, -0.05) is 0 Å². The number of pyridine rings is 1. The summed E-state index contributed by atoms with van der Waals surface area (Å²) in [5.74, 6) is -3.33. The standard InChI is InChI=1S/C16H16F2N2O2/c1-8-6-20-7-9(2)15(8)10-3-11(13(19)5-14(21)22)16(18)12(17)4-10/h3-4,6-7,13H,5,19H2,1-2H3,(H,21,22)/t13-/m0/s1. The van der Waals surface area contributed by atoms with Gasteiger partial charge in [0.2, 0.25) is 0 Å². The highest BCUT2D eigenvalue weighted by Crippen LogP contribution is 2.31. The van der Waals surface area contributed by atoms with Crippen LogP contribution in [0.5, 0.6) is 0 Å². The van der Waals surface area contributed by atoms with Crippen LogP contribution in [0, 0.1) is 25.5 Å². The number of nitrogens with zero attached hydrogens (tertiary/aromatic N) is 1. The van der Waals surface area contributed by atoms with Gasteiger partial charge in [-0.2, -0.15) is 0 Å². The molecule has 0 aliphatic heterocycles. The molecule has 1 heterocycles. The molecule has 0 unspecified atom stereocenters. The minimum absolute atomic E-state index is 0.145. The number of aryl methyl sites for hydroxylation is 2. The number of carboxylic acid groups (broad SMARTS) is 1. The van der Waals surface area contributed by atoms with Crippen molar-refractivity contribution in [3.63, 3.8) is 0 Å². The second-order valence-corrected chi connectivity index (χ2v) is 5.21. The molecule has 0 aliphatic rings. The Balaban J connectivity index is 2.60. The van der Waals surface area contributed by atoms with E-state index in [1.807, 2.05) is 13.8 Å². The molecule has 0 radical (unpaired) electrons. The monoisotopic (exact) mass is 306 g/mol. The molecule has 0 saturated heterocycles. The maximum atomic E-state index is 13.9.